The molecule has 0 saturated carbocycles. The van der Waals surface area contributed by atoms with E-state index in [0.29, 0.717) is 24.2 Å². The molecular weight excluding hydrogens is 569 g/mol. The Kier molecular flexibility index (Phi) is 9.56. The summed E-state index contributed by atoms with van der Waals surface area (Å²) in [6.07, 6.45) is 1.18. The number of rotatable bonds is 11. The molecule has 40 heavy (non-hydrogen) atoms. The first-order valence-corrected chi connectivity index (χ1v) is 16.0. The fraction of sp³-hybridized carbons (Fsp3) is 0.250. The van der Waals surface area contributed by atoms with E-state index in [2.05, 4.69) is 10.0 Å². The number of likely N-dealkylation sites (N-methyl/N-ethyl adjacent to an activating group) is 1. The Labute approximate surface area is 241 Å². The Hall–Kier alpha value is -3.74. The number of anilines is 1. The third-order valence-electron chi connectivity index (χ3n) is 6.13. The van der Waals surface area contributed by atoms with E-state index in [1.54, 1.807) is 42.6 Å². The highest BCUT2D eigenvalue weighted by Crippen LogP contribution is 2.31. The van der Waals surface area contributed by atoms with E-state index < -0.39 is 28.2 Å². The van der Waals surface area contributed by atoms with Crippen LogP contribution in [0.3, 0.4) is 0 Å². The molecule has 210 valence electrons. The molecule has 2 heterocycles. The van der Waals surface area contributed by atoms with E-state index >= 15 is 0 Å². The molecule has 2 atom stereocenters. The molecule has 0 aliphatic heterocycles. The van der Waals surface area contributed by atoms with E-state index in [1.807, 2.05) is 53.2 Å². The average molecular weight is 599 g/mol. The van der Waals surface area contributed by atoms with Crippen LogP contribution in [0.1, 0.15) is 22.9 Å². The number of ether oxygens (including phenoxy) is 1. The Morgan fingerprint density at radius 1 is 0.975 bits per heavy atom. The number of amides is 2. The highest BCUT2D eigenvalue weighted by Gasteiger charge is 2.30. The normalized spacial score (nSPS) is 12.8. The van der Waals surface area contributed by atoms with Gasteiger partial charge in [0.05, 0.1) is 30.0 Å². The summed E-state index contributed by atoms with van der Waals surface area (Å²) in [5, 5.41) is 7.88. The summed E-state index contributed by atoms with van der Waals surface area (Å²) >= 11 is 3.08. The molecule has 12 heteroatoms. The smallest absolute Gasteiger partial charge is 0.409 e. The molecule has 4 aromatic rings. The van der Waals surface area contributed by atoms with Gasteiger partial charge in [0, 0.05) is 24.5 Å². The molecular formula is C28H30N4O5S3. The molecule has 0 unspecified atom stereocenters. The molecule has 0 saturated heterocycles. The molecule has 0 radical (unpaired) electrons. The predicted octanol–water partition coefficient (Wildman–Crippen LogP) is 4.95. The summed E-state index contributed by atoms with van der Waals surface area (Å²) in [6.45, 7) is 0. The molecule has 0 fully saturated rings. The quantitative estimate of drug-likeness (QED) is 0.252. The van der Waals surface area contributed by atoms with Crippen molar-refractivity contribution < 1.29 is 22.7 Å². The first kappa shape index (κ1) is 29.2. The summed E-state index contributed by atoms with van der Waals surface area (Å²) in [4.78, 5) is 33.3. The number of sulfonamides is 1. The first-order valence-electron chi connectivity index (χ1n) is 12.3. The van der Waals surface area contributed by atoms with Gasteiger partial charge in [0.2, 0.25) is 15.9 Å². The summed E-state index contributed by atoms with van der Waals surface area (Å²) in [6, 6.07) is 19.1. The molecule has 2 N–H and O–H groups in total. The minimum Gasteiger partial charge on any atom is -0.453 e. The van der Waals surface area contributed by atoms with Crippen LogP contribution in [0.2, 0.25) is 0 Å². The van der Waals surface area contributed by atoms with Crippen molar-refractivity contribution in [3.8, 4) is 9.88 Å². The Morgan fingerprint density at radius 3 is 2.30 bits per heavy atom. The van der Waals surface area contributed by atoms with Crippen LogP contribution in [0.25, 0.3) is 9.88 Å². The van der Waals surface area contributed by atoms with Crippen molar-refractivity contribution in [3.63, 3.8) is 0 Å². The van der Waals surface area contributed by atoms with Gasteiger partial charge in [0.15, 0.2) is 0 Å². The van der Waals surface area contributed by atoms with Crippen LogP contribution in [-0.4, -0.2) is 56.8 Å². The Morgan fingerprint density at radius 2 is 1.68 bits per heavy atom. The number of carbonyl (C=O) groups is 2. The highest BCUT2D eigenvalue weighted by molar-refractivity contribution is 7.92. The number of thiophene rings is 1. The number of hydrogen-bond acceptors (Lipinski definition) is 8. The lowest BCUT2D eigenvalue weighted by atomic mass is 10.0. The molecule has 2 aromatic heterocycles. The maximum Gasteiger partial charge on any atom is 0.409 e. The lowest BCUT2D eigenvalue weighted by molar-refractivity contribution is -0.126. The second kappa shape index (κ2) is 13.1. The van der Waals surface area contributed by atoms with E-state index in [0.717, 1.165) is 27.3 Å². The van der Waals surface area contributed by atoms with Gasteiger partial charge in [-0.15, -0.1) is 22.7 Å². The third kappa shape index (κ3) is 7.90. The van der Waals surface area contributed by atoms with Crippen molar-refractivity contribution in [1.29, 1.82) is 0 Å². The SMILES string of the molecule is COC(=O)N(C)[C@@H](Cc1ccccc1)C(=O)N[C@@H](Cc1ccc(NS(C)(=O)=O)cc1)c1csc(-c2cccs2)n1. The second-order valence-electron chi connectivity index (χ2n) is 9.18. The molecule has 0 aliphatic rings. The zero-order valence-corrected chi connectivity index (χ0v) is 24.7. The van der Waals surface area contributed by atoms with Gasteiger partial charge >= 0.3 is 6.09 Å². The minimum absolute atomic E-state index is 0.300. The van der Waals surface area contributed by atoms with Crippen LogP contribution in [0.5, 0.6) is 0 Å². The van der Waals surface area contributed by atoms with Gasteiger partial charge in [0.1, 0.15) is 11.0 Å². The summed E-state index contributed by atoms with van der Waals surface area (Å²) in [7, 11) is -0.579. The number of nitrogens with one attached hydrogen (secondary N) is 2. The summed E-state index contributed by atoms with van der Waals surface area (Å²) < 4.78 is 30.5. The Bertz CT molecular complexity index is 1520. The van der Waals surface area contributed by atoms with Gasteiger partial charge in [-0.2, -0.15) is 0 Å². The lowest BCUT2D eigenvalue weighted by Gasteiger charge is -2.28. The standard InChI is InChI=1S/C28H30N4O5S3/c1-32(28(34)37-2)24(17-19-8-5-4-6-9-19)26(33)29-22(23-18-39-27(30-23)25-10-7-15-38-25)16-20-11-13-21(14-12-20)31-40(3,35)36/h4-15,18,22,24,31H,16-17H2,1-3H3,(H,29,33)/t22-,24-/m0/s1. The predicted molar refractivity (Wildman–Crippen MR) is 159 cm³/mol. The number of hydrogen-bond donors (Lipinski definition) is 2. The van der Waals surface area contributed by atoms with Crippen molar-refractivity contribution in [2.75, 3.05) is 25.1 Å². The van der Waals surface area contributed by atoms with E-state index in [1.165, 1.54) is 23.3 Å². The third-order valence-corrected chi connectivity index (χ3v) is 8.64. The van der Waals surface area contributed by atoms with Crippen molar-refractivity contribution in [3.05, 3.63) is 94.3 Å². The Balaban J connectivity index is 1.62. The fourth-order valence-electron chi connectivity index (χ4n) is 4.13. The maximum absolute atomic E-state index is 13.8. The largest absolute Gasteiger partial charge is 0.453 e. The zero-order valence-electron chi connectivity index (χ0n) is 22.2. The van der Waals surface area contributed by atoms with E-state index in [-0.39, 0.29) is 5.91 Å². The van der Waals surface area contributed by atoms with Gasteiger partial charge in [-0.3, -0.25) is 14.4 Å². The van der Waals surface area contributed by atoms with Crippen molar-refractivity contribution in [1.82, 2.24) is 15.2 Å². The maximum atomic E-state index is 13.8. The van der Waals surface area contributed by atoms with Gasteiger partial charge in [-0.25, -0.2) is 18.2 Å². The molecule has 0 spiro atoms. The number of thiazole rings is 1. The van der Waals surface area contributed by atoms with Crippen LogP contribution in [0.15, 0.2) is 77.5 Å². The number of carbonyl (C=O) groups excluding carboxylic acids is 2. The van der Waals surface area contributed by atoms with Gasteiger partial charge in [0.25, 0.3) is 0 Å². The molecule has 4 rings (SSSR count). The first-order chi connectivity index (χ1) is 19.1. The van der Waals surface area contributed by atoms with Crippen LogP contribution in [-0.2, 0) is 32.4 Å². The highest BCUT2D eigenvalue weighted by atomic mass is 32.2. The van der Waals surface area contributed by atoms with Gasteiger partial charge in [-0.05, 0) is 41.1 Å². The van der Waals surface area contributed by atoms with Crippen molar-refractivity contribution >= 4 is 50.4 Å². The second-order valence-corrected chi connectivity index (χ2v) is 12.7. The monoisotopic (exact) mass is 598 g/mol. The van der Waals surface area contributed by atoms with Crippen molar-refractivity contribution in [2.45, 2.75) is 24.9 Å². The molecule has 0 aliphatic carbocycles. The molecule has 9 nitrogen and oxygen atoms in total. The topological polar surface area (TPSA) is 118 Å². The van der Waals surface area contributed by atoms with Crippen molar-refractivity contribution in [2.24, 2.45) is 0 Å². The van der Waals surface area contributed by atoms with Crippen LogP contribution in [0.4, 0.5) is 10.5 Å². The van der Waals surface area contributed by atoms with E-state index in [4.69, 9.17) is 9.72 Å². The number of nitrogens with zero attached hydrogens (tertiary/aromatic N) is 2. The van der Waals surface area contributed by atoms with Crippen LogP contribution >= 0.6 is 22.7 Å². The molecule has 0 bridgehead atoms. The molecule has 2 amide bonds. The zero-order chi connectivity index (χ0) is 28.7. The molecule has 2 aromatic carbocycles. The van der Waals surface area contributed by atoms with Crippen LogP contribution in [0, 0.1) is 0 Å². The minimum atomic E-state index is -3.40. The lowest BCUT2D eigenvalue weighted by Crippen LogP contribution is -2.50. The van der Waals surface area contributed by atoms with Gasteiger partial charge < -0.3 is 10.1 Å². The number of methoxy groups -OCH3 is 1. The summed E-state index contributed by atoms with van der Waals surface area (Å²) in [5.41, 5.74) is 2.91. The van der Waals surface area contributed by atoms with E-state index in [9.17, 15) is 18.0 Å². The number of benzene rings is 2. The average Bonchev–Trinajstić information content (AvgIpc) is 3.64. The fourth-order valence-corrected chi connectivity index (χ4v) is 6.38. The number of aromatic nitrogens is 1. The van der Waals surface area contributed by atoms with Gasteiger partial charge in [-0.1, -0.05) is 48.5 Å². The van der Waals surface area contributed by atoms with Crippen LogP contribution < -0.4 is 10.0 Å². The summed E-state index contributed by atoms with van der Waals surface area (Å²) in [5.74, 6) is -0.345.